The molecule has 1 atom stereocenters. The Morgan fingerprint density at radius 2 is 1.90 bits per heavy atom. The molecule has 1 aromatic rings. The zero-order valence-corrected chi connectivity index (χ0v) is 15.2. The van der Waals surface area contributed by atoms with Crippen molar-refractivity contribution in [1.82, 2.24) is 10.3 Å². The standard InChI is InChI=1S/C16H28BrN3/c1-11(2)7-13(5)20(6)16-14(9-18-12(3)4)8-15(17)10-19-16/h8,10-13,18H,7,9H2,1-6H3. The van der Waals surface area contributed by atoms with E-state index in [2.05, 4.69) is 78.9 Å². The fourth-order valence-electron chi connectivity index (χ4n) is 2.28. The molecule has 0 fully saturated rings. The molecular formula is C16H28BrN3. The average molecular weight is 342 g/mol. The maximum Gasteiger partial charge on any atom is 0.133 e. The Morgan fingerprint density at radius 1 is 1.25 bits per heavy atom. The fraction of sp³-hybridized carbons (Fsp3) is 0.688. The van der Waals surface area contributed by atoms with E-state index in [-0.39, 0.29) is 0 Å². The Balaban J connectivity index is 2.91. The molecule has 0 saturated heterocycles. The quantitative estimate of drug-likeness (QED) is 0.804. The number of rotatable bonds is 7. The second-order valence-electron chi connectivity index (χ2n) is 6.26. The number of pyridine rings is 1. The summed E-state index contributed by atoms with van der Waals surface area (Å²) in [5.41, 5.74) is 1.24. The van der Waals surface area contributed by atoms with Gasteiger partial charge in [0.15, 0.2) is 0 Å². The van der Waals surface area contributed by atoms with Gasteiger partial charge in [0, 0.05) is 41.9 Å². The highest BCUT2D eigenvalue weighted by Gasteiger charge is 2.16. The van der Waals surface area contributed by atoms with E-state index in [1.807, 2.05) is 6.20 Å². The third kappa shape index (κ3) is 5.41. The lowest BCUT2D eigenvalue weighted by Crippen LogP contribution is -2.32. The molecule has 1 heterocycles. The van der Waals surface area contributed by atoms with Crippen LogP contribution in [0.5, 0.6) is 0 Å². The fourth-order valence-corrected chi connectivity index (χ4v) is 2.66. The number of hydrogen-bond acceptors (Lipinski definition) is 3. The second kappa shape index (κ2) is 7.99. The molecule has 0 bridgehead atoms. The third-order valence-electron chi connectivity index (χ3n) is 3.42. The first-order chi connectivity index (χ1) is 9.31. The van der Waals surface area contributed by atoms with Gasteiger partial charge in [-0.2, -0.15) is 0 Å². The van der Waals surface area contributed by atoms with E-state index in [1.165, 1.54) is 12.0 Å². The minimum atomic E-state index is 0.472. The molecule has 20 heavy (non-hydrogen) atoms. The minimum absolute atomic E-state index is 0.472. The van der Waals surface area contributed by atoms with Crippen molar-refractivity contribution in [3.05, 3.63) is 22.3 Å². The van der Waals surface area contributed by atoms with Gasteiger partial charge in [0.25, 0.3) is 0 Å². The number of anilines is 1. The van der Waals surface area contributed by atoms with Crippen LogP contribution in [0.2, 0.25) is 0 Å². The van der Waals surface area contributed by atoms with Gasteiger partial charge in [-0.25, -0.2) is 4.98 Å². The van der Waals surface area contributed by atoms with Crippen LogP contribution in [0.4, 0.5) is 5.82 Å². The van der Waals surface area contributed by atoms with Gasteiger partial charge in [-0.15, -0.1) is 0 Å². The number of hydrogen-bond donors (Lipinski definition) is 1. The van der Waals surface area contributed by atoms with Crippen molar-refractivity contribution < 1.29 is 0 Å². The van der Waals surface area contributed by atoms with Gasteiger partial charge >= 0.3 is 0 Å². The molecule has 0 spiro atoms. The van der Waals surface area contributed by atoms with E-state index in [1.54, 1.807) is 0 Å². The van der Waals surface area contributed by atoms with E-state index >= 15 is 0 Å². The topological polar surface area (TPSA) is 28.2 Å². The summed E-state index contributed by atoms with van der Waals surface area (Å²) in [5.74, 6) is 1.77. The SMILES string of the molecule is CC(C)CC(C)N(C)c1ncc(Br)cc1CNC(C)C. The van der Waals surface area contributed by atoms with E-state index in [9.17, 15) is 0 Å². The Bertz CT molecular complexity index is 418. The number of nitrogens with one attached hydrogen (secondary N) is 1. The van der Waals surface area contributed by atoms with Crippen molar-refractivity contribution >= 4 is 21.7 Å². The molecule has 0 radical (unpaired) electrons. The normalized spacial score (nSPS) is 13.1. The molecule has 4 heteroatoms. The van der Waals surface area contributed by atoms with Gasteiger partial charge in [-0.05, 0) is 41.3 Å². The van der Waals surface area contributed by atoms with Gasteiger partial charge < -0.3 is 10.2 Å². The molecule has 3 nitrogen and oxygen atoms in total. The largest absolute Gasteiger partial charge is 0.357 e. The van der Waals surface area contributed by atoms with E-state index < -0.39 is 0 Å². The van der Waals surface area contributed by atoms with Gasteiger partial charge in [0.1, 0.15) is 5.82 Å². The van der Waals surface area contributed by atoms with Crippen molar-refractivity contribution in [2.75, 3.05) is 11.9 Å². The lowest BCUT2D eigenvalue weighted by molar-refractivity contribution is 0.500. The van der Waals surface area contributed by atoms with Crippen molar-refractivity contribution in [1.29, 1.82) is 0 Å². The molecule has 1 aromatic heterocycles. The lowest BCUT2D eigenvalue weighted by Gasteiger charge is -2.29. The highest BCUT2D eigenvalue weighted by molar-refractivity contribution is 9.10. The van der Waals surface area contributed by atoms with Crippen molar-refractivity contribution in [3.63, 3.8) is 0 Å². The summed E-state index contributed by atoms with van der Waals surface area (Å²) in [7, 11) is 2.14. The van der Waals surface area contributed by atoms with Crippen LogP contribution in [0.1, 0.15) is 46.6 Å². The smallest absolute Gasteiger partial charge is 0.133 e. The molecule has 0 aliphatic rings. The van der Waals surface area contributed by atoms with Crippen LogP contribution < -0.4 is 10.2 Å². The Morgan fingerprint density at radius 3 is 2.45 bits per heavy atom. The van der Waals surface area contributed by atoms with E-state index in [0.29, 0.717) is 18.0 Å². The molecule has 1 unspecified atom stereocenters. The van der Waals surface area contributed by atoms with Crippen LogP contribution in [0.15, 0.2) is 16.7 Å². The summed E-state index contributed by atoms with van der Waals surface area (Å²) < 4.78 is 1.03. The van der Waals surface area contributed by atoms with Crippen molar-refractivity contribution in [2.24, 2.45) is 5.92 Å². The molecule has 0 aromatic carbocycles. The van der Waals surface area contributed by atoms with E-state index in [0.717, 1.165) is 16.8 Å². The van der Waals surface area contributed by atoms with Gasteiger partial charge in [0.05, 0.1) is 0 Å². The summed E-state index contributed by atoms with van der Waals surface area (Å²) in [6.07, 6.45) is 3.05. The molecule has 1 N–H and O–H groups in total. The summed E-state index contributed by atoms with van der Waals surface area (Å²) in [5, 5.41) is 3.48. The lowest BCUT2D eigenvalue weighted by atomic mass is 10.0. The number of halogens is 1. The molecular weight excluding hydrogens is 314 g/mol. The first-order valence-corrected chi connectivity index (χ1v) is 8.21. The van der Waals surface area contributed by atoms with Crippen LogP contribution in [-0.2, 0) is 6.54 Å². The van der Waals surface area contributed by atoms with E-state index in [4.69, 9.17) is 0 Å². The molecule has 0 amide bonds. The highest BCUT2D eigenvalue weighted by atomic mass is 79.9. The Hall–Kier alpha value is -0.610. The number of nitrogens with zero attached hydrogens (tertiary/aromatic N) is 2. The molecule has 114 valence electrons. The zero-order valence-electron chi connectivity index (χ0n) is 13.6. The summed E-state index contributed by atoms with van der Waals surface area (Å²) in [4.78, 5) is 6.92. The molecule has 0 aliphatic carbocycles. The van der Waals surface area contributed by atoms with Crippen molar-refractivity contribution in [2.45, 2.75) is 59.7 Å². The van der Waals surface area contributed by atoms with Crippen LogP contribution in [0.25, 0.3) is 0 Å². The summed E-state index contributed by atoms with van der Waals surface area (Å²) in [6, 6.07) is 3.12. The average Bonchev–Trinajstić information content (AvgIpc) is 2.34. The maximum atomic E-state index is 4.62. The Labute approximate surface area is 132 Å². The van der Waals surface area contributed by atoms with Crippen LogP contribution in [0, 0.1) is 5.92 Å². The maximum absolute atomic E-state index is 4.62. The third-order valence-corrected chi connectivity index (χ3v) is 3.85. The predicted octanol–water partition coefficient (Wildman–Crippen LogP) is 4.21. The first-order valence-electron chi connectivity index (χ1n) is 7.41. The highest BCUT2D eigenvalue weighted by Crippen LogP contribution is 2.24. The van der Waals surface area contributed by atoms with Gasteiger partial charge in [0.2, 0.25) is 0 Å². The van der Waals surface area contributed by atoms with Crippen LogP contribution in [-0.4, -0.2) is 24.1 Å². The molecule has 0 saturated carbocycles. The van der Waals surface area contributed by atoms with Crippen LogP contribution >= 0.6 is 15.9 Å². The second-order valence-corrected chi connectivity index (χ2v) is 7.18. The van der Waals surface area contributed by atoms with Gasteiger partial charge in [-0.1, -0.05) is 27.7 Å². The number of aromatic nitrogens is 1. The zero-order chi connectivity index (χ0) is 15.3. The predicted molar refractivity (Wildman–Crippen MR) is 91.2 cm³/mol. The summed E-state index contributed by atoms with van der Waals surface area (Å²) >= 11 is 3.52. The summed E-state index contributed by atoms with van der Waals surface area (Å²) in [6.45, 7) is 12.0. The Kier molecular flexibility index (Phi) is 6.96. The molecule has 1 rings (SSSR count). The monoisotopic (exact) mass is 341 g/mol. The van der Waals surface area contributed by atoms with Crippen LogP contribution in [0.3, 0.4) is 0 Å². The minimum Gasteiger partial charge on any atom is -0.357 e. The first kappa shape index (κ1) is 17.4. The van der Waals surface area contributed by atoms with Crippen molar-refractivity contribution in [3.8, 4) is 0 Å². The van der Waals surface area contributed by atoms with Gasteiger partial charge in [-0.3, -0.25) is 0 Å². The molecule has 0 aliphatic heterocycles.